The fraction of sp³-hybridized carbons (Fsp3) is 0.727. The van der Waals surface area contributed by atoms with Crippen LogP contribution in [-0.4, -0.2) is 0 Å². The van der Waals surface area contributed by atoms with Crippen molar-refractivity contribution in [2.45, 2.75) is 104 Å². The molecule has 0 heterocycles. The average Bonchev–Trinajstić information content (AvgIpc) is 2.54. The van der Waals surface area contributed by atoms with Crippen LogP contribution in [0.25, 0.3) is 0 Å². The van der Waals surface area contributed by atoms with Crippen LogP contribution in [0.4, 0.5) is 0 Å². The molecule has 0 rings (SSSR count). The highest BCUT2D eigenvalue weighted by Crippen LogP contribution is 2.06. The maximum Gasteiger partial charge on any atom is 0.00989 e. The van der Waals surface area contributed by atoms with E-state index in [4.69, 9.17) is 0 Å². The Balaban J connectivity index is 3.41. The van der Waals surface area contributed by atoms with Crippen molar-refractivity contribution in [2.24, 2.45) is 0 Å². The fourth-order valence-electron chi connectivity index (χ4n) is 2.26. The van der Waals surface area contributed by atoms with E-state index in [0.29, 0.717) is 0 Å². The lowest BCUT2D eigenvalue weighted by molar-refractivity contribution is 0.614. The zero-order chi connectivity index (χ0) is 16.1. The van der Waals surface area contributed by atoms with Gasteiger partial charge in [-0.3, -0.25) is 0 Å². The highest BCUT2D eigenvalue weighted by molar-refractivity contribution is 5.35. The van der Waals surface area contributed by atoms with Crippen molar-refractivity contribution in [3.05, 3.63) is 0 Å². The molecule has 0 saturated carbocycles. The molecule has 0 amide bonds. The van der Waals surface area contributed by atoms with E-state index in [1.165, 1.54) is 77.0 Å². The second kappa shape index (κ2) is 19.7. The zero-order valence-corrected chi connectivity index (χ0v) is 14.9. The first-order chi connectivity index (χ1) is 10.9. The molecule has 22 heavy (non-hydrogen) atoms. The lowest BCUT2D eigenvalue weighted by Crippen LogP contribution is -1.77. The topological polar surface area (TPSA) is 0 Å². The highest BCUT2D eigenvalue weighted by atomic mass is 13.9. The minimum absolute atomic E-state index is 0.978. The van der Waals surface area contributed by atoms with Crippen LogP contribution in [0, 0.1) is 35.5 Å². The van der Waals surface area contributed by atoms with Gasteiger partial charge in [-0.1, -0.05) is 89.9 Å². The summed E-state index contributed by atoms with van der Waals surface area (Å²) in [6.45, 7) is 4.50. The normalized spacial score (nSPS) is 9.00. The van der Waals surface area contributed by atoms with Crippen molar-refractivity contribution in [3.63, 3.8) is 0 Å². The maximum absolute atomic E-state index is 3.12. The van der Waals surface area contributed by atoms with E-state index in [1.807, 2.05) is 0 Å². The van der Waals surface area contributed by atoms with Gasteiger partial charge in [-0.15, -0.1) is 0 Å². The van der Waals surface area contributed by atoms with Crippen LogP contribution in [0.15, 0.2) is 0 Å². The molecule has 0 radical (unpaired) electrons. The van der Waals surface area contributed by atoms with Crippen LogP contribution in [0.3, 0.4) is 0 Å². The standard InChI is InChI=1S/C22H34/c1-3-5-7-9-11-13-15-17-19-21-22-20-18-16-14-12-10-8-6-4-2/h3-16H2,1-2H3. The van der Waals surface area contributed by atoms with Crippen molar-refractivity contribution in [2.75, 3.05) is 0 Å². The van der Waals surface area contributed by atoms with Gasteiger partial charge in [0.25, 0.3) is 0 Å². The second-order valence-corrected chi connectivity index (χ2v) is 5.89. The predicted molar refractivity (Wildman–Crippen MR) is 99.3 cm³/mol. The third kappa shape index (κ3) is 18.7. The SMILES string of the molecule is CCCCCCCCC#CC#CC#CCCCCCCCC. The number of unbranched alkanes of at least 4 members (excludes halogenated alkanes) is 12. The summed E-state index contributed by atoms with van der Waals surface area (Å²) in [5, 5.41) is 0. The van der Waals surface area contributed by atoms with Gasteiger partial charge >= 0.3 is 0 Å². The molecule has 0 aromatic heterocycles. The van der Waals surface area contributed by atoms with Crippen molar-refractivity contribution >= 4 is 0 Å². The Morgan fingerprint density at radius 3 is 1.18 bits per heavy atom. The molecule has 0 atom stereocenters. The quantitative estimate of drug-likeness (QED) is 0.285. The Kier molecular flexibility index (Phi) is 18.5. The van der Waals surface area contributed by atoms with E-state index in [2.05, 4.69) is 49.4 Å². The maximum atomic E-state index is 3.12. The van der Waals surface area contributed by atoms with Gasteiger partial charge in [-0.25, -0.2) is 0 Å². The summed E-state index contributed by atoms with van der Waals surface area (Å²) in [6.07, 6.45) is 17.8. The van der Waals surface area contributed by atoms with E-state index < -0.39 is 0 Å². The lowest BCUT2D eigenvalue weighted by Gasteiger charge is -1.96. The Hall–Kier alpha value is -1.32. The van der Waals surface area contributed by atoms with Gasteiger partial charge in [-0.05, 0) is 36.5 Å². The monoisotopic (exact) mass is 298 g/mol. The molecule has 0 unspecified atom stereocenters. The molecule has 0 heteroatoms. The predicted octanol–water partition coefficient (Wildman–Crippen LogP) is 6.50. The van der Waals surface area contributed by atoms with Crippen molar-refractivity contribution in [1.29, 1.82) is 0 Å². The first kappa shape index (κ1) is 20.7. The van der Waals surface area contributed by atoms with Gasteiger partial charge in [0, 0.05) is 12.8 Å². The van der Waals surface area contributed by atoms with E-state index in [1.54, 1.807) is 0 Å². The van der Waals surface area contributed by atoms with Crippen LogP contribution in [-0.2, 0) is 0 Å². The number of hydrogen-bond donors (Lipinski definition) is 0. The van der Waals surface area contributed by atoms with E-state index >= 15 is 0 Å². The molecule has 0 nitrogen and oxygen atoms in total. The molecule has 0 aromatic rings. The van der Waals surface area contributed by atoms with Crippen LogP contribution in [0.2, 0.25) is 0 Å². The Morgan fingerprint density at radius 1 is 0.409 bits per heavy atom. The van der Waals surface area contributed by atoms with Crippen LogP contribution >= 0.6 is 0 Å². The van der Waals surface area contributed by atoms with Gasteiger partial charge in [-0.2, -0.15) is 0 Å². The first-order valence-electron chi connectivity index (χ1n) is 9.37. The van der Waals surface area contributed by atoms with E-state index in [9.17, 15) is 0 Å². The third-order valence-corrected chi connectivity index (χ3v) is 3.67. The molecule has 0 aliphatic carbocycles. The summed E-state index contributed by atoms with van der Waals surface area (Å²) in [5.74, 6) is 17.7. The van der Waals surface area contributed by atoms with E-state index in [0.717, 1.165) is 12.8 Å². The van der Waals surface area contributed by atoms with E-state index in [-0.39, 0.29) is 0 Å². The summed E-state index contributed by atoms with van der Waals surface area (Å²) in [6, 6.07) is 0. The average molecular weight is 299 g/mol. The fourth-order valence-corrected chi connectivity index (χ4v) is 2.26. The molecule has 0 aliphatic rings. The Morgan fingerprint density at radius 2 is 0.773 bits per heavy atom. The van der Waals surface area contributed by atoms with Gasteiger partial charge in [0.05, 0.1) is 0 Å². The molecule has 122 valence electrons. The molecule has 0 saturated heterocycles. The summed E-state index contributed by atoms with van der Waals surface area (Å²) < 4.78 is 0. The molecular weight excluding hydrogens is 264 g/mol. The second-order valence-electron chi connectivity index (χ2n) is 5.89. The summed E-state index contributed by atoms with van der Waals surface area (Å²) in [4.78, 5) is 0. The summed E-state index contributed by atoms with van der Waals surface area (Å²) in [5.41, 5.74) is 0. The summed E-state index contributed by atoms with van der Waals surface area (Å²) >= 11 is 0. The molecular formula is C22H34. The van der Waals surface area contributed by atoms with Gasteiger partial charge in [0.2, 0.25) is 0 Å². The molecule has 0 spiro atoms. The minimum Gasteiger partial charge on any atom is -0.0891 e. The first-order valence-corrected chi connectivity index (χ1v) is 9.37. The largest absolute Gasteiger partial charge is 0.0891 e. The Labute approximate surface area is 139 Å². The summed E-state index contributed by atoms with van der Waals surface area (Å²) in [7, 11) is 0. The third-order valence-electron chi connectivity index (χ3n) is 3.67. The van der Waals surface area contributed by atoms with Gasteiger partial charge in [0.1, 0.15) is 0 Å². The van der Waals surface area contributed by atoms with Gasteiger partial charge < -0.3 is 0 Å². The highest BCUT2D eigenvalue weighted by Gasteiger charge is 1.88. The van der Waals surface area contributed by atoms with Crippen LogP contribution in [0.1, 0.15) is 104 Å². The van der Waals surface area contributed by atoms with Crippen molar-refractivity contribution in [3.8, 4) is 35.5 Å². The smallest absolute Gasteiger partial charge is 0.00989 e. The molecule has 0 N–H and O–H groups in total. The van der Waals surface area contributed by atoms with Crippen molar-refractivity contribution in [1.82, 2.24) is 0 Å². The lowest BCUT2D eigenvalue weighted by atomic mass is 10.1. The van der Waals surface area contributed by atoms with Crippen LogP contribution < -0.4 is 0 Å². The minimum atomic E-state index is 0.978. The van der Waals surface area contributed by atoms with Crippen LogP contribution in [0.5, 0.6) is 0 Å². The molecule has 0 fully saturated rings. The number of hydrogen-bond acceptors (Lipinski definition) is 0. The van der Waals surface area contributed by atoms with Crippen molar-refractivity contribution < 1.29 is 0 Å². The number of rotatable bonds is 12. The van der Waals surface area contributed by atoms with Gasteiger partial charge in [0.15, 0.2) is 0 Å². The Bertz CT molecular complexity index is 359. The molecule has 0 aliphatic heterocycles. The molecule has 0 bridgehead atoms. The molecule has 0 aromatic carbocycles. The zero-order valence-electron chi connectivity index (χ0n) is 14.9.